The molecular weight excluding hydrogens is 857 g/mol. The summed E-state index contributed by atoms with van der Waals surface area (Å²) in [5.41, 5.74) is 15.3. The van der Waals surface area contributed by atoms with E-state index < -0.39 is 24.3 Å². The molecule has 2 aliphatic heterocycles. The van der Waals surface area contributed by atoms with Crippen LogP contribution in [0.15, 0.2) is 48.7 Å². The molecule has 0 radical (unpaired) electrons. The number of hydrogen-bond donors (Lipinski definition) is 4. The van der Waals surface area contributed by atoms with Crippen LogP contribution in [0.25, 0.3) is 44.5 Å². The highest BCUT2D eigenvalue weighted by Gasteiger charge is 2.45. The van der Waals surface area contributed by atoms with Crippen LogP contribution in [0.4, 0.5) is 9.59 Å². The summed E-state index contributed by atoms with van der Waals surface area (Å²) in [4.78, 5) is 73.2. The molecule has 5 aromatic rings. The summed E-state index contributed by atoms with van der Waals surface area (Å²) in [7, 11) is 2.63. The molecule has 68 heavy (non-hydrogen) atoms. The number of alkyl carbamates (subject to hydrolysis) is 2. The summed E-state index contributed by atoms with van der Waals surface area (Å²) < 4.78 is 9.69. The summed E-state index contributed by atoms with van der Waals surface area (Å²) in [6, 6.07) is 14.3. The number of fused-ring (bicyclic) bond motifs is 9. The number of H-pyrrole nitrogens is 2. The molecule has 2 saturated heterocycles. The molecule has 14 nitrogen and oxygen atoms in total. The fourth-order valence-corrected chi connectivity index (χ4v) is 13.1. The van der Waals surface area contributed by atoms with E-state index in [1.54, 1.807) is 0 Å². The number of aromatic nitrogens is 4. The summed E-state index contributed by atoms with van der Waals surface area (Å²) in [6.07, 6.45) is 11.3. The number of carbonyl (C=O) groups excluding carboxylic acids is 4. The second-order valence-corrected chi connectivity index (χ2v) is 21.0. The maximum atomic E-state index is 13.9. The first-order valence-corrected chi connectivity index (χ1v) is 25.1. The van der Waals surface area contributed by atoms with E-state index in [0.717, 1.165) is 60.5 Å². The number of benzene rings is 3. The molecule has 2 aromatic heterocycles. The van der Waals surface area contributed by atoms with Gasteiger partial charge < -0.3 is 39.9 Å². The lowest BCUT2D eigenvalue weighted by atomic mass is 9.73. The van der Waals surface area contributed by atoms with Crippen molar-refractivity contribution in [3.63, 3.8) is 0 Å². The molecule has 4 N–H and O–H groups in total. The average Bonchev–Trinajstić information content (AvgIpc) is 4.20. The number of imidazole rings is 2. The van der Waals surface area contributed by atoms with E-state index in [2.05, 4.69) is 63.1 Å². The Bertz CT molecular complexity index is 2830. The number of carbonyl (C=O) groups is 4. The van der Waals surface area contributed by atoms with Crippen LogP contribution < -0.4 is 10.6 Å². The Morgan fingerprint density at radius 2 is 1.28 bits per heavy atom. The lowest BCUT2D eigenvalue weighted by Gasteiger charge is -2.31. The standard InChI is InChI=1S/C54H64N8O6/c1-27(2)47(59-53(65)67-5)51(63)61-21-7-9-42(61)49-55-26-41(58-49)37-19-18-36(44-31-11-12-32(23-31)45(37)44)35-17-16-34(46-33-15-13-29(33)24-38(35)46)30-14-20-39-40(25-30)57-50(56-39)43-10-8-22-62(43)52(64)48(28(3)4)60-54(66)68-6/h14,16-20,25-29,31-33,42-43,47-48H,7-13,15,21-24H2,1-6H3,(H,55,58)(H,56,57)(H,59,65)(H,60,66). The zero-order chi connectivity index (χ0) is 47.1. The SMILES string of the molecule is COC(=O)NC(C(=O)N1CCCC1c1ncc(-c2ccc(-c3ccc(-c4ccc5nc(C6CCCN6C(=O)C(NC(=O)OC)C(C)C)[nH]c5c4)c4c3CC3CCC43)c3c2C2CCC3C2)[nH]1)C(C)C. The number of rotatable bonds is 11. The van der Waals surface area contributed by atoms with Crippen molar-refractivity contribution in [2.24, 2.45) is 17.8 Å². The van der Waals surface area contributed by atoms with Gasteiger partial charge in [0.25, 0.3) is 0 Å². The molecule has 3 aromatic carbocycles. The van der Waals surface area contributed by atoms with Crippen molar-refractivity contribution in [1.29, 1.82) is 0 Å². The molecule has 4 amide bonds. The van der Waals surface area contributed by atoms with Crippen LogP contribution in [0.1, 0.15) is 149 Å². The van der Waals surface area contributed by atoms with Gasteiger partial charge in [0.15, 0.2) is 0 Å². The maximum absolute atomic E-state index is 13.9. The van der Waals surface area contributed by atoms with Crippen LogP contribution >= 0.6 is 0 Å². The molecule has 4 aliphatic carbocycles. The summed E-state index contributed by atoms with van der Waals surface area (Å²) in [5.74, 6) is 3.41. The molecule has 4 heterocycles. The topological polar surface area (TPSA) is 175 Å². The van der Waals surface area contributed by atoms with Gasteiger partial charge >= 0.3 is 12.2 Å². The summed E-state index contributed by atoms with van der Waals surface area (Å²) >= 11 is 0. The van der Waals surface area contributed by atoms with Gasteiger partial charge in [0.05, 0.1) is 49.2 Å². The minimum atomic E-state index is -0.685. The highest BCUT2D eigenvalue weighted by Crippen LogP contribution is 2.61. The Hall–Kier alpha value is -6.18. The largest absolute Gasteiger partial charge is 0.453 e. The summed E-state index contributed by atoms with van der Waals surface area (Å²) in [6.45, 7) is 8.96. The van der Waals surface area contributed by atoms with Gasteiger partial charge in [-0.2, -0.15) is 0 Å². The maximum Gasteiger partial charge on any atom is 0.407 e. The van der Waals surface area contributed by atoms with Crippen molar-refractivity contribution in [3.05, 3.63) is 82.6 Å². The number of aromatic amines is 2. The third-order valence-electron chi connectivity index (χ3n) is 16.6. The highest BCUT2D eigenvalue weighted by atomic mass is 16.5. The zero-order valence-corrected chi connectivity index (χ0v) is 40.1. The van der Waals surface area contributed by atoms with Gasteiger partial charge in [0.1, 0.15) is 23.7 Å². The minimum Gasteiger partial charge on any atom is -0.453 e. The first kappa shape index (κ1) is 44.3. The van der Waals surface area contributed by atoms with E-state index >= 15 is 0 Å². The molecule has 8 unspecified atom stereocenters. The van der Waals surface area contributed by atoms with Gasteiger partial charge in [-0.3, -0.25) is 9.59 Å². The fraction of sp³-hybridized carbons (Fsp3) is 0.519. The highest BCUT2D eigenvalue weighted by molar-refractivity contribution is 5.90. The van der Waals surface area contributed by atoms with Crippen molar-refractivity contribution in [3.8, 4) is 33.5 Å². The van der Waals surface area contributed by atoms with Crippen LogP contribution in [-0.4, -0.2) is 93.1 Å². The van der Waals surface area contributed by atoms with Gasteiger partial charge in [-0.15, -0.1) is 0 Å². The third kappa shape index (κ3) is 7.35. The molecule has 8 atom stereocenters. The number of likely N-dealkylation sites (tertiary alicyclic amines) is 2. The Morgan fingerprint density at radius 3 is 1.90 bits per heavy atom. The lowest BCUT2D eigenvalue weighted by molar-refractivity contribution is -0.136. The molecule has 0 spiro atoms. The van der Waals surface area contributed by atoms with Crippen molar-refractivity contribution in [1.82, 2.24) is 40.4 Å². The number of ether oxygens (including phenoxy) is 2. The van der Waals surface area contributed by atoms with Gasteiger partial charge in [-0.25, -0.2) is 19.6 Å². The van der Waals surface area contributed by atoms with Crippen LogP contribution in [0, 0.1) is 17.8 Å². The molecule has 2 bridgehead atoms. The van der Waals surface area contributed by atoms with E-state index in [0.29, 0.717) is 36.8 Å². The van der Waals surface area contributed by atoms with E-state index in [-0.39, 0.29) is 35.7 Å². The zero-order valence-electron chi connectivity index (χ0n) is 40.1. The Labute approximate surface area is 397 Å². The third-order valence-corrected chi connectivity index (χ3v) is 16.6. The van der Waals surface area contributed by atoms with Gasteiger partial charge in [-0.05, 0) is 156 Å². The lowest BCUT2D eigenvalue weighted by Crippen LogP contribution is -2.51. The van der Waals surface area contributed by atoms with Gasteiger partial charge in [-0.1, -0.05) is 58.0 Å². The predicted octanol–water partition coefficient (Wildman–Crippen LogP) is 9.79. The monoisotopic (exact) mass is 920 g/mol. The first-order chi connectivity index (χ1) is 32.9. The average molecular weight is 921 g/mol. The number of nitrogens with one attached hydrogen (secondary N) is 4. The van der Waals surface area contributed by atoms with Crippen molar-refractivity contribution >= 4 is 35.0 Å². The second-order valence-electron chi connectivity index (χ2n) is 21.0. The number of hydrogen-bond acceptors (Lipinski definition) is 8. The molecule has 6 aliphatic rings. The smallest absolute Gasteiger partial charge is 0.407 e. The second kappa shape index (κ2) is 17.4. The first-order valence-electron chi connectivity index (χ1n) is 25.1. The van der Waals surface area contributed by atoms with E-state index in [1.807, 2.05) is 43.7 Å². The number of nitrogens with zero attached hydrogens (tertiary/aromatic N) is 4. The number of amides is 4. The van der Waals surface area contributed by atoms with Gasteiger partial charge in [0, 0.05) is 18.7 Å². The fourth-order valence-electron chi connectivity index (χ4n) is 13.1. The van der Waals surface area contributed by atoms with E-state index in [1.165, 1.54) is 96.4 Å². The van der Waals surface area contributed by atoms with Crippen molar-refractivity contribution in [2.75, 3.05) is 27.3 Å². The molecule has 2 saturated carbocycles. The Kier molecular flexibility index (Phi) is 11.3. The Morgan fingerprint density at radius 1 is 0.676 bits per heavy atom. The predicted molar refractivity (Wildman–Crippen MR) is 259 cm³/mol. The summed E-state index contributed by atoms with van der Waals surface area (Å²) in [5, 5.41) is 5.52. The van der Waals surface area contributed by atoms with Crippen LogP contribution in [0.3, 0.4) is 0 Å². The van der Waals surface area contributed by atoms with E-state index in [4.69, 9.17) is 19.4 Å². The van der Waals surface area contributed by atoms with Crippen LogP contribution in [0.2, 0.25) is 0 Å². The van der Waals surface area contributed by atoms with E-state index in [9.17, 15) is 19.2 Å². The van der Waals surface area contributed by atoms with Crippen LogP contribution in [0.5, 0.6) is 0 Å². The normalized spacial score (nSPS) is 24.2. The molecule has 11 rings (SSSR count). The molecule has 14 heteroatoms. The number of methoxy groups -OCH3 is 2. The molecule has 4 fully saturated rings. The van der Waals surface area contributed by atoms with Gasteiger partial charge in [0.2, 0.25) is 11.8 Å². The Balaban J connectivity index is 0.900. The molecular formula is C54H64N8O6. The van der Waals surface area contributed by atoms with Crippen molar-refractivity contribution < 1.29 is 28.7 Å². The molecule has 356 valence electrons. The quantitative estimate of drug-likeness (QED) is 0.101. The minimum absolute atomic E-state index is 0.0994. The van der Waals surface area contributed by atoms with Crippen molar-refractivity contribution in [2.45, 2.75) is 134 Å². The van der Waals surface area contributed by atoms with Crippen LogP contribution in [-0.2, 0) is 25.5 Å².